The molecule has 3 rings (SSSR count). The Bertz CT molecular complexity index is 997. The van der Waals surface area contributed by atoms with Crippen molar-refractivity contribution in [1.82, 2.24) is 9.97 Å². The third-order valence-corrected chi connectivity index (χ3v) is 3.94. The molecule has 0 bridgehead atoms. The molecule has 1 aromatic carbocycles. The Morgan fingerprint density at radius 2 is 2.08 bits per heavy atom. The summed E-state index contributed by atoms with van der Waals surface area (Å²) in [6, 6.07) is 15.9. The van der Waals surface area contributed by atoms with Gasteiger partial charge in [0, 0.05) is 10.5 Å². The highest BCUT2D eigenvalue weighted by Crippen LogP contribution is 2.23. The number of aryl methyl sites for hydroxylation is 1. The molecule has 7 heteroatoms. The van der Waals surface area contributed by atoms with Crippen molar-refractivity contribution in [2.75, 3.05) is 5.32 Å². The molecule has 0 saturated carbocycles. The van der Waals surface area contributed by atoms with Crippen molar-refractivity contribution in [3.8, 4) is 17.7 Å². The molecule has 2 aromatic heterocycles. The Balaban J connectivity index is 1.68. The number of nitriles is 1. The van der Waals surface area contributed by atoms with E-state index >= 15 is 0 Å². The SMILES string of the molecule is Cc1nc(C(=O)Nc2ccc(Oc3cccc(Br)c3)nc2)ccc1C#N. The van der Waals surface area contributed by atoms with Gasteiger partial charge in [-0.05, 0) is 43.3 Å². The van der Waals surface area contributed by atoms with Crippen LogP contribution in [0.25, 0.3) is 0 Å². The quantitative estimate of drug-likeness (QED) is 0.687. The summed E-state index contributed by atoms with van der Waals surface area (Å²) in [4.78, 5) is 20.6. The van der Waals surface area contributed by atoms with Crippen LogP contribution < -0.4 is 10.1 Å². The zero-order chi connectivity index (χ0) is 18.5. The van der Waals surface area contributed by atoms with E-state index in [9.17, 15) is 4.79 Å². The molecule has 0 saturated heterocycles. The van der Waals surface area contributed by atoms with E-state index in [-0.39, 0.29) is 11.6 Å². The molecule has 0 unspecified atom stereocenters. The number of amides is 1. The summed E-state index contributed by atoms with van der Waals surface area (Å²) in [5, 5.41) is 11.6. The van der Waals surface area contributed by atoms with Crippen molar-refractivity contribution in [1.29, 1.82) is 5.26 Å². The van der Waals surface area contributed by atoms with Crippen molar-refractivity contribution in [2.24, 2.45) is 0 Å². The standard InChI is InChI=1S/C19H13BrN4O2/c1-12-13(10-21)5-7-17(23-12)19(25)24-15-6-8-18(22-11-15)26-16-4-2-3-14(20)9-16/h2-9,11H,1H3,(H,24,25). The highest BCUT2D eigenvalue weighted by molar-refractivity contribution is 9.10. The number of hydrogen-bond acceptors (Lipinski definition) is 5. The third kappa shape index (κ3) is 4.23. The molecule has 128 valence electrons. The van der Waals surface area contributed by atoms with Crippen LogP contribution in [-0.4, -0.2) is 15.9 Å². The average Bonchev–Trinajstić information content (AvgIpc) is 2.63. The van der Waals surface area contributed by atoms with Gasteiger partial charge in [0.05, 0.1) is 23.1 Å². The summed E-state index contributed by atoms with van der Waals surface area (Å²) in [6.07, 6.45) is 1.50. The van der Waals surface area contributed by atoms with Gasteiger partial charge in [-0.3, -0.25) is 4.79 Å². The lowest BCUT2D eigenvalue weighted by atomic mass is 10.2. The Morgan fingerprint density at radius 1 is 1.23 bits per heavy atom. The number of aromatic nitrogens is 2. The lowest BCUT2D eigenvalue weighted by molar-refractivity contribution is 0.102. The Labute approximate surface area is 158 Å². The summed E-state index contributed by atoms with van der Waals surface area (Å²) < 4.78 is 6.55. The number of nitrogens with zero attached hydrogens (tertiary/aromatic N) is 3. The maximum Gasteiger partial charge on any atom is 0.274 e. The highest BCUT2D eigenvalue weighted by Gasteiger charge is 2.10. The van der Waals surface area contributed by atoms with Gasteiger partial charge in [-0.2, -0.15) is 5.26 Å². The Hall–Kier alpha value is -3.24. The van der Waals surface area contributed by atoms with Gasteiger partial charge in [-0.15, -0.1) is 0 Å². The van der Waals surface area contributed by atoms with E-state index in [1.807, 2.05) is 30.3 Å². The van der Waals surface area contributed by atoms with Crippen molar-refractivity contribution in [2.45, 2.75) is 6.92 Å². The first-order valence-corrected chi connectivity index (χ1v) is 8.43. The molecule has 0 aliphatic carbocycles. The first-order valence-electron chi connectivity index (χ1n) is 7.64. The number of carbonyl (C=O) groups is 1. The maximum absolute atomic E-state index is 12.3. The van der Waals surface area contributed by atoms with Gasteiger partial charge in [-0.25, -0.2) is 9.97 Å². The number of ether oxygens (including phenoxy) is 1. The van der Waals surface area contributed by atoms with Crippen LogP contribution in [0.4, 0.5) is 5.69 Å². The zero-order valence-electron chi connectivity index (χ0n) is 13.7. The van der Waals surface area contributed by atoms with Gasteiger partial charge in [0.2, 0.25) is 5.88 Å². The van der Waals surface area contributed by atoms with Crippen LogP contribution in [0, 0.1) is 18.3 Å². The molecule has 3 aromatic rings. The van der Waals surface area contributed by atoms with Gasteiger partial charge >= 0.3 is 0 Å². The summed E-state index contributed by atoms with van der Waals surface area (Å²) in [6.45, 7) is 1.69. The molecule has 6 nitrogen and oxygen atoms in total. The van der Waals surface area contributed by atoms with E-state index in [0.29, 0.717) is 28.6 Å². The molecule has 0 aliphatic heterocycles. The van der Waals surface area contributed by atoms with Crippen LogP contribution in [-0.2, 0) is 0 Å². The van der Waals surface area contributed by atoms with Gasteiger partial charge < -0.3 is 10.1 Å². The predicted octanol–water partition coefficient (Wildman–Crippen LogP) is 4.46. The number of benzene rings is 1. The molecule has 2 heterocycles. The molecule has 0 fully saturated rings. The monoisotopic (exact) mass is 408 g/mol. The number of carbonyl (C=O) groups excluding carboxylic acids is 1. The van der Waals surface area contributed by atoms with E-state index in [2.05, 4.69) is 31.2 Å². The third-order valence-electron chi connectivity index (χ3n) is 3.45. The van der Waals surface area contributed by atoms with Crippen LogP contribution >= 0.6 is 15.9 Å². The first kappa shape index (κ1) is 17.6. The molecule has 0 atom stereocenters. The van der Waals surface area contributed by atoms with Crippen LogP contribution in [0.15, 0.2) is 59.2 Å². The molecule has 0 aliphatic rings. The number of anilines is 1. The van der Waals surface area contributed by atoms with Crippen LogP contribution in [0.2, 0.25) is 0 Å². The topological polar surface area (TPSA) is 87.9 Å². The number of pyridine rings is 2. The second-order valence-electron chi connectivity index (χ2n) is 5.34. The normalized spacial score (nSPS) is 10.0. The fourth-order valence-electron chi connectivity index (χ4n) is 2.17. The minimum atomic E-state index is -0.375. The lowest BCUT2D eigenvalue weighted by Gasteiger charge is -2.08. The van der Waals surface area contributed by atoms with E-state index in [4.69, 9.17) is 10.00 Å². The maximum atomic E-state index is 12.3. The number of hydrogen-bond donors (Lipinski definition) is 1. The molecular formula is C19H13BrN4O2. The fraction of sp³-hybridized carbons (Fsp3) is 0.0526. The van der Waals surface area contributed by atoms with Gasteiger partial charge in [-0.1, -0.05) is 22.0 Å². The second-order valence-corrected chi connectivity index (χ2v) is 6.26. The minimum Gasteiger partial charge on any atom is -0.439 e. The molecule has 26 heavy (non-hydrogen) atoms. The van der Waals surface area contributed by atoms with E-state index in [1.165, 1.54) is 12.3 Å². The molecule has 1 amide bonds. The molecular weight excluding hydrogens is 396 g/mol. The van der Waals surface area contributed by atoms with E-state index in [1.54, 1.807) is 25.1 Å². The smallest absolute Gasteiger partial charge is 0.274 e. The largest absolute Gasteiger partial charge is 0.439 e. The average molecular weight is 409 g/mol. The number of rotatable bonds is 4. The summed E-state index contributed by atoms with van der Waals surface area (Å²) >= 11 is 3.38. The fourth-order valence-corrected chi connectivity index (χ4v) is 2.54. The highest BCUT2D eigenvalue weighted by atomic mass is 79.9. The molecule has 1 N–H and O–H groups in total. The first-order chi connectivity index (χ1) is 12.5. The molecule has 0 spiro atoms. The van der Waals surface area contributed by atoms with Gasteiger partial charge in [0.25, 0.3) is 5.91 Å². The predicted molar refractivity (Wildman–Crippen MR) is 100 cm³/mol. The minimum absolute atomic E-state index is 0.232. The van der Waals surface area contributed by atoms with Crippen LogP contribution in [0.1, 0.15) is 21.7 Å². The molecule has 0 radical (unpaired) electrons. The van der Waals surface area contributed by atoms with Gasteiger partial charge in [0.15, 0.2) is 0 Å². The second kappa shape index (κ2) is 7.76. The lowest BCUT2D eigenvalue weighted by Crippen LogP contribution is -2.14. The van der Waals surface area contributed by atoms with Gasteiger partial charge in [0.1, 0.15) is 17.5 Å². The van der Waals surface area contributed by atoms with E-state index < -0.39 is 0 Å². The zero-order valence-corrected chi connectivity index (χ0v) is 15.3. The van der Waals surface area contributed by atoms with Crippen LogP contribution in [0.3, 0.4) is 0 Å². The number of halogens is 1. The van der Waals surface area contributed by atoms with Crippen molar-refractivity contribution >= 4 is 27.5 Å². The van der Waals surface area contributed by atoms with Crippen LogP contribution in [0.5, 0.6) is 11.6 Å². The van der Waals surface area contributed by atoms with Crippen molar-refractivity contribution in [3.63, 3.8) is 0 Å². The van der Waals surface area contributed by atoms with Crippen molar-refractivity contribution < 1.29 is 9.53 Å². The summed E-state index contributed by atoms with van der Waals surface area (Å²) in [5.74, 6) is 0.689. The Morgan fingerprint density at radius 3 is 2.73 bits per heavy atom. The summed E-state index contributed by atoms with van der Waals surface area (Å²) in [5.41, 5.74) is 1.70. The Kier molecular flexibility index (Phi) is 5.25. The summed E-state index contributed by atoms with van der Waals surface area (Å²) in [7, 11) is 0. The van der Waals surface area contributed by atoms with Crippen molar-refractivity contribution in [3.05, 3.63) is 76.2 Å². The van der Waals surface area contributed by atoms with E-state index in [0.717, 1.165) is 4.47 Å². The number of nitrogens with one attached hydrogen (secondary N) is 1.